The van der Waals surface area contributed by atoms with Crippen LogP contribution < -0.4 is 5.73 Å². The van der Waals surface area contributed by atoms with Crippen molar-refractivity contribution in [2.24, 2.45) is 10.7 Å². The first kappa shape index (κ1) is 20.2. The first-order valence-electron chi connectivity index (χ1n) is 9.12. The van der Waals surface area contributed by atoms with Crippen LogP contribution in [-0.2, 0) is 16.4 Å². The van der Waals surface area contributed by atoms with Crippen molar-refractivity contribution in [2.75, 3.05) is 32.7 Å². The summed E-state index contributed by atoms with van der Waals surface area (Å²) in [4.78, 5) is 7.68. The van der Waals surface area contributed by atoms with Crippen molar-refractivity contribution in [2.45, 2.75) is 50.2 Å². The maximum absolute atomic E-state index is 12.5. The third-order valence-electron chi connectivity index (χ3n) is 4.50. The van der Waals surface area contributed by atoms with Crippen LogP contribution in [0.5, 0.6) is 0 Å². The molecule has 1 aromatic heterocycles. The van der Waals surface area contributed by atoms with Crippen molar-refractivity contribution in [3.05, 3.63) is 17.0 Å². The van der Waals surface area contributed by atoms with Crippen LogP contribution in [-0.4, -0.2) is 56.3 Å². The Morgan fingerprint density at radius 2 is 1.84 bits per heavy atom. The average molecular weight is 387 g/mol. The van der Waals surface area contributed by atoms with Crippen molar-refractivity contribution in [3.63, 3.8) is 0 Å². The smallest absolute Gasteiger partial charge is 0.252 e. The average Bonchev–Trinajstić information content (AvgIpc) is 2.90. The molecule has 2 rings (SSSR count). The van der Waals surface area contributed by atoms with Crippen LogP contribution in [0.4, 0.5) is 0 Å². The maximum atomic E-state index is 12.5. The second kappa shape index (κ2) is 9.54. The van der Waals surface area contributed by atoms with Crippen LogP contribution >= 0.6 is 11.3 Å². The second-order valence-electron chi connectivity index (χ2n) is 6.20. The summed E-state index contributed by atoms with van der Waals surface area (Å²) >= 11 is 1.34. The summed E-state index contributed by atoms with van der Waals surface area (Å²) in [7, 11) is -3.36. The molecule has 2 heterocycles. The number of rotatable bonds is 7. The van der Waals surface area contributed by atoms with E-state index in [1.807, 2.05) is 19.9 Å². The highest BCUT2D eigenvalue weighted by atomic mass is 32.2. The van der Waals surface area contributed by atoms with Crippen molar-refractivity contribution in [1.29, 1.82) is 0 Å². The molecular formula is C17H30N4O2S2. The molecule has 25 heavy (non-hydrogen) atoms. The van der Waals surface area contributed by atoms with E-state index >= 15 is 0 Å². The Hall–Kier alpha value is -1.12. The normalized spacial score (nSPS) is 17.1. The van der Waals surface area contributed by atoms with Gasteiger partial charge in [0, 0.05) is 44.0 Å². The van der Waals surface area contributed by atoms with Gasteiger partial charge in [-0.05, 0) is 25.0 Å². The van der Waals surface area contributed by atoms with Crippen LogP contribution in [0.2, 0.25) is 0 Å². The number of likely N-dealkylation sites (tertiary alicyclic amines) is 1. The Labute approximate surface area is 155 Å². The minimum atomic E-state index is -3.36. The van der Waals surface area contributed by atoms with Crippen LogP contribution in [0.1, 0.15) is 44.4 Å². The van der Waals surface area contributed by atoms with E-state index in [9.17, 15) is 8.42 Å². The summed E-state index contributed by atoms with van der Waals surface area (Å²) in [6.45, 7) is 7.26. The van der Waals surface area contributed by atoms with Gasteiger partial charge in [0.05, 0.1) is 0 Å². The summed E-state index contributed by atoms with van der Waals surface area (Å²) in [6.07, 6.45) is 5.60. The van der Waals surface area contributed by atoms with Crippen LogP contribution in [0, 0.1) is 0 Å². The molecule has 0 unspecified atom stereocenters. The van der Waals surface area contributed by atoms with Gasteiger partial charge in [0.15, 0.2) is 5.96 Å². The van der Waals surface area contributed by atoms with Gasteiger partial charge in [-0.1, -0.05) is 26.7 Å². The minimum absolute atomic E-state index is 0.413. The van der Waals surface area contributed by atoms with Gasteiger partial charge < -0.3 is 10.6 Å². The lowest BCUT2D eigenvalue weighted by atomic mass is 10.2. The predicted molar refractivity (Wildman–Crippen MR) is 105 cm³/mol. The van der Waals surface area contributed by atoms with E-state index in [-0.39, 0.29) is 0 Å². The summed E-state index contributed by atoms with van der Waals surface area (Å²) < 4.78 is 26.9. The van der Waals surface area contributed by atoms with Gasteiger partial charge in [0.25, 0.3) is 10.0 Å². The molecular weight excluding hydrogens is 356 g/mol. The molecule has 0 bridgehead atoms. The fourth-order valence-corrected chi connectivity index (χ4v) is 5.96. The topological polar surface area (TPSA) is 79.0 Å². The molecule has 1 saturated heterocycles. The number of sulfonamides is 1. The third-order valence-corrected chi connectivity index (χ3v) is 8.16. The van der Waals surface area contributed by atoms with E-state index in [4.69, 9.17) is 5.73 Å². The molecule has 6 nitrogen and oxygen atoms in total. The van der Waals surface area contributed by atoms with Crippen LogP contribution in [0.25, 0.3) is 0 Å². The third kappa shape index (κ3) is 5.43. The number of nitrogens with two attached hydrogens (primary N) is 1. The fourth-order valence-electron chi connectivity index (χ4n) is 3.00. The SMILES string of the molecule is CCN(CC)S(=O)(=O)c1ccc(CCN=C(N)N2CCCCCC2)s1. The van der Waals surface area contributed by atoms with E-state index in [2.05, 4.69) is 9.89 Å². The first-order valence-corrected chi connectivity index (χ1v) is 11.4. The molecule has 1 aliphatic rings. The van der Waals surface area contributed by atoms with Gasteiger partial charge in [-0.15, -0.1) is 11.3 Å². The molecule has 1 fully saturated rings. The number of guanidine groups is 1. The zero-order valence-electron chi connectivity index (χ0n) is 15.3. The van der Waals surface area contributed by atoms with Crippen molar-refractivity contribution in [3.8, 4) is 0 Å². The fraction of sp³-hybridized carbons (Fsp3) is 0.706. The van der Waals surface area contributed by atoms with Gasteiger partial charge in [0.1, 0.15) is 4.21 Å². The Morgan fingerprint density at radius 3 is 2.44 bits per heavy atom. The summed E-state index contributed by atoms with van der Waals surface area (Å²) in [5.41, 5.74) is 6.11. The maximum Gasteiger partial charge on any atom is 0.252 e. The van der Waals surface area contributed by atoms with Crippen molar-refractivity contribution >= 4 is 27.3 Å². The second-order valence-corrected chi connectivity index (χ2v) is 9.53. The zero-order chi connectivity index (χ0) is 18.3. The predicted octanol–water partition coefficient (Wildman–Crippen LogP) is 2.51. The van der Waals surface area contributed by atoms with Crippen molar-refractivity contribution in [1.82, 2.24) is 9.21 Å². The number of hydrogen-bond donors (Lipinski definition) is 1. The zero-order valence-corrected chi connectivity index (χ0v) is 16.9. The number of nitrogens with zero attached hydrogens (tertiary/aromatic N) is 3. The van der Waals surface area contributed by atoms with Crippen LogP contribution in [0.15, 0.2) is 21.3 Å². The van der Waals surface area contributed by atoms with Crippen LogP contribution in [0.3, 0.4) is 0 Å². The van der Waals surface area contributed by atoms with E-state index in [1.165, 1.54) is 41.3 Å². The van der Waals surface area contributed by atoms with Gasteiger partial charge in [-0.2, -0.15) is 4.31 Å². The summed E-state index contributed by atoms with van der Waals surface area (Å²) in [5, 5.41) is 0. The lowest BCUT2D eigenvalue weighted by Crippen LogP contribution is -2.38. The number of hydrogen-bond acceptors (Lipinski definition) is 4. The molecule has 0 aliphatic carbocycles. The highest BCUT2D eigenvalue weighted by molar-refractivity contribution is 7.91. The molecule has 2 N–H and O–H groups in total. The quantitative estimate of drug-likeness (QED) is 0.577. The molecule has 1 aliphatic heterocycles. The molecule has 142 valence electrons. The summed E-state index contributed by atoms with van der Waals surface area (Å²) in [5.74, 6) is 0.620. The van der Waals surface area contributed by atoms with Gasteiger partial charge in [-0.25, -0.2) is 8.42 Å². The lowest BCUT2D eigenvalue weighted by molar-refractivity contribution is 0.428. The monoisotopic (exact) mass is 386 g/mol. The standard InChI is InChI=1S/C17H30N4O2S2/c1-3-21(4-2)25(22,23)16-10-9-15(24-16)11-12-19-17(18)20-13-7-5-6-8-14-20/h9-10H,3-8,11-14H2,1-2H3,(H2,18,19). The molecule has 0 amide bonds. The van der Waals surface area contributed by atoms with E-state index in [1.54, 1.807) is 6.07 Å². The molecule has 0 saturated carbocycles. The Morgan fingerprint density at radius 1 is 1.20 bits per heavy atom. The molecule has 0 spiro atoms. The molecule has 0 aromatic carbocycles. The summed E-state index contributed by atoms with van der Waals surface area (Å²) in [6, 6.07) is 3.59. The Kier molecular flexibility index (Phi) is 7.71. The molecule has 1 aromatic rings. The largest absolute Gasteiger partial charge is 0.370 e. The molecule has 8 heteroatoms. The number of aliphatic imine (C=N–C) groups is 1. The minimum Gasteiger partial charge on any atom is -0.370 e. The van der Waals surface area contributed by atoms with E-state index < -0.39 is 10.0 Å². The van der Waals surface area contributed by atoms with E-state index in [0.29, 0.717) is 36.2 Å². The van der Waals surface area contributed by atoms with Gasteiger partial charge in [-0.3, -0.25) is 4.99 Å². The lowest BCUT2D eigenvalue weighted by Gasteiger charge is -2.21. The van der Waals surface area contributed by atoms with Gasteiger partial charge in [0.2, 0.25) is 0 Å². The Balaban J connectivity index is 1.94. The highest BCUT2D eigenvalue weighted by Crippen LogP contribution is 2.25. The van der Waals surface area contributed by atoms with Crippen molar-refractivity contribution < 1.29 is 8.42 Å². The molecule has 0 radical (unpaired) electrons. The van der Waals surface area contributed by atoms with Gasteiger partial charge >= 0.3 is 0 Å². The first-order chi connectivity index (χ1) is 12.0. The number of thiophene rings is 1. The van der Waals surface area contributed by atoms with E-state index in [0.717, 1.165) is 18.0 Å². The highest BCUT2D eigenvalue weighted by Gasteiger charge is 2.23. The Bertz CT molecular complexity index is 658. The molecule has 0 atom stereocenters.